The molecule has 4 aromatic rings. The molecule has 25 heavy (non-hydrogen) atoms. The highest BCUT2D eigenvalue weighted by molar-refractivity contribution is 6.10. The Hall–Kier alpha value is -2.68. The molecule has 126 valence electrons. The highest BCUT2D eigenvalue weighted by atomic mass is 16.3. The van der Waals surface area contributed by atoms with Crippen LogP contribution in [0.1, 0.15) is 37.9 Å². The number of fused-ring (bicyclic) bond motifs is 3. The minimum Gasteiger partial charge on any atom is -0.437 e. The van der Waals surface area contributed by atoms with Gasteiger partial charge in [0, 0.05) is 24.6 Å². The minimum absolute atomic E-state index is 0.612. The van der Waals surface area contributed by atoms with Crippen LogP contribution in [0.5, 0.6) is 0 Å². The first-order valence-corrected chi connectivity index (χ1v) is 8.56. The molecule has 0 radical (unpaired) electrons. The lowest BCUT2D eigenvalue weighted by Gasteiger charge is -2.08. The Kier molecular flexibility index (Phi) is 3.34. The molecule has 0 aliphatic carbocycles. The fourth-order valence-electron chi connectivity index (χ4n) is 3.56. The van der Waals surface area contributed by atoms with E-state index < -0.39 is 5.89 Å². The van der Waals surface area contributed by atoms with Crippen LogP contribution < -0.4 is 4.57 Å². The van der Waals surface area contributed by atoms with Gasteiger partial charge in [-0.1, -0.05) is 26.0 Å². The quantitative estimate of drug-likeness (QED) is 0.471. The summed E-state index contributed by atoms with van der Waals surface area (Å²) in [6, 6.07) is 12.4. The number of rotatable bonds is 2. The average Bonchev–Trinajstić information content (AvgIpc) is 2.92. The van der Waals surface area contributed by atoms with E-state index in [0.29, 0.717) is 5.71 Å². The van der Waals surface area contributed by atoms with Crippen molar-refractivity contribution in [3.05, 3.63) is 59.4 Å². The molecule has 3 heteroatoms. The second kappa shape index (κ2) is 5.69. The van der Waals surface area contributed by atoms with Gasteiger partial charge >= 0.3 is 0 Å². The standard InChI is InChI=1S/C22H23N2O/c1-13(2)17-12-15(4)23-22-20(17)16-10-9-14(3)19(21(16)25-22)18-8-6-7-11-24(18)5/h6-13H,1-5H3/q+1/i13D. The Morgan fingerprint density at radius 3 is 2.68 bits per heavy atom. The number of aromatic nitrogens is 2. The van der Waals surface area contributed by atoms with Crippen LogP contribution in [-0.2, 0) is 7.05 Å². The van der Waals surface area contributed by atoms with E-state index in [9.17, 15) is 0 Å². The van der Waals surface area contributed by atoms with Gasteiger partial charge in [-0.15, -0.1) is 0 Å². The van der Waals surface area contributed by atoms with Crippen molar-refractivity contribution >= 4 is 22.1 Å². The van der Waals surface area contributed by atoms with Gasteiger partial charge in [-0.3, -0.25) is 0 Å². The number of aryl methyl sites for hydroxylation is 3. The van der Waals surface area contributed by atoms with Gasteiger partial charge in [0.05, 0.1) is 10.9 Å². The van der Waals surface area contributed by atoms with Crippen molar-refractivity contribution < 1.29 is 10.4 Å². The summed E-state index contributed by atoms with van der Waals surface area (Å²) in [4.78, 5) is 4.62. The predicted molar refractivity (Wildman–Crippen MR) is 102 cm³/mol. The van der Waals surface area contributed by atoms with Crippen molar-refractivity contribution in [3.63, 3.8) is 0 Å². The van der Waals surface area contributed by atoms with Gasteiger partial charge in [-0.05, 0) is 43.0 Å². The smallest absolute Gasteiger partial charge is 0.227 e. The minimum atomic E-state index is -0.731. The molecule has 0 unspecified atom stereocenters. The lowest BCUT2D eigenvalue weighted by molar-refractivity contribution is -0.660. The summed E-state index contributed by atoms with van der Waals surface area (Å²) in [6.45, 7) is 7.87. The summed E-state index contributed by atoms with van der Waals surface area (Å²) in [6.07, 6.45) is 2.04. The van der Waals surface area contributed by atoms with Crippen LogP contribution in [0.15, 0.2) is 47.0 Å². The molecule has 4 rings (SSSR count). The molecule has 0 aliphatic heterocycles. The molecule has 0 atom stereocenters. The van der Waals surface area contributed by atoms with Gasteiger partial charge in [0.1, 0.15) is 7.05 Å². The van der Waals surface area contributed by atoms with Gasteiger partial charge in [0.15, 0.2) is 11.8 Å². The van der Waals surface area contributed by atoms with Crippen molar-refractivity contribution in [1.29, 1.82) is 0 Å². The lowest BCUT2D eigenvalue weighted by Crippen LogP contribution is -2.30. The van der Waals surface area contributed by atoms with Gasteiger partial charge in [-0.2, -0.15) is 0 Å². The Labute approximate surface area is 149 Å². The first-order chi connectivity index (χ1) is 12.3. The van der Waals surface area contributed by atoms with Crippen molar-refractivity contribution in [2.24, 2.45) is 7.05 Å². The molecule has 0 N–H and O–H groups in total. The normalized spacial score (nSPS) is 12.8. The maximum atomic E-state index is 8.59. The Morgan fingerprint density at radius 1 is 1.16 bits per heavy atom. The largest absolute Gasteiger partial charge is 0.437 e. The molecule has 0 amide bonds. The molecular weight excluding hydrogens is 308 g/mol. The molecule has 1 aromatic carbocycles. The van der Waals surface area contributed by atoms with Gasteiger partial charge in [0.2, 0.25) is 11.4 Å². The van der Waals surface area contributed by atoms with Crippen LogP contribution in [0.4, 0.5) is 0 Å². The van der Waals surface area contributed by atoms with Crippen LogP contribution >= 0.6 is 0 Å². The zero-order valence-corrected chi connectivity index (χ0v) is 15.3. The summed E-state index contributed by atoms with van der Waals surface area (Å²) in [5.41, 5.74) is 6.60. The number of benzene rings is 1. The second-order valence-corrected chi connectivity index (χ2v) is 6.92. The third-order valence-electron chi connectivity index (χ3n) is 4.80. The molecule has 0 fully saturated rings. The topological polar surface area (TPSA) is 29.9 Å². The highest BCUT2D eigenvalue weighted by Crippen LogP contribution is 2.39. The molecule has 0 saturated heterocycles. The van der Waals surface area contributed by atoms with Crippen molar-refractivity contribution in [3.8, 4) is 11.3 Å². The van der Waals surface area contributed by atoms with E-state index in [4.69, 9.17) is 5.79 Å². The summed E-state index contributed by atoms with van der Waals surface area (Å²) in [5, 5.41) is 1.97. The van der Waals surface area contributed by atoms with Gasteiger partial charge in [-0.25, -0.2) is 9.55 Å². The Balaban J connectivity index is 2.19. The van der Waals surface area contributed by atoms with E-state index in [-0.39, 0.29) is 0 Å². The molecular formula is C22H23N2O+. The number of furan rings is 1. The Morgan fingerprint density at radius 2 is 1.96 bits per heavy atom. The summed E-state index contributed by atoms with van der Waals surface area (Å²) in [5.74, 6) is -0.731. The van der Waals surface area contributed by atoms with Crippen LogP contribution in [0.25, 0.3) is 33.3 Å². The highest BCUT2D eigenvalue weighted by Gasteiger charge is 2.22. The van der Waals surface area contributed by atoms with E-state index >= 15 is 0 Å². The van der Waals surface area contributed by atoms with Crippen LogP contribution in [-0.4, -0.2) is 4.98 Å². The molecule has 0 spiro atoms. The fraction of sp³-hybridized carbons (Fsp3) is 0.273. The molecule has 0 bridgehead atoms. The van der Waals surface area contributed by atoms with E-state index in [0.717, 1.165) is 44.4 Å². The zero-order chi connectivity index (χ0) is 18.6. The second-order valence-electron chi connectivity index (χ2n) is 6.92. The summed E-state index contributed by atoms with van der Waals surface area (Å²) >= 11 is 0. The molecule has 3 aromatic heterocycles. The van der Waals surface area contributed by atoms with E-state index in [1.54, 1.807) is 0 Å². The maximum absolute atomic E-state index is 8.59. The maximum Gasteiger partial charge on any atom is 0.227 e. The lowest BCUT2D eigenvalue weighted by atomic mass is 9.96. The van der Waals surface area contributed by atoms with E-state index in [1.807, 2.05) is 52.2 Å². The SMILES string of the molecule is [2H]C(C)(C)c1cc(C)nc2oc3c(-c4cccc[n+]4C)c(C)ccc3c12. The molecule has 3 nitrogen and oxygen atoms in total. The van der Waals surface area contributed by atoms with Gasteiger partial charge in [0.25, 0.3) is 0 Å². The first-order valence-electron chi connectivity index (χ1n) is 9.06. The monoisotopic (exact) mass is 332 g/mol. The molecule has 3 heterocycles. The fourth-order valence-corrected chi connectivity index (χ4v) is 3.56. The van der Waals surface area contributed by atoms with Crippen molar-refractivity contribution in [2.75, 3.05) is 0 Å². The Bertz CT molecular complexity index is 1150. The van der Waals surface area contributed by atoms with Crippen LogP contribution in [0.3, 0.4) is 0 Å². The summed E-state index contributed by atoms with van der Waals surface area (Å²) in [7, 11) is 2.04. The van der Waals surface area contributed by atoms with Gasteiger partial charge < -0.3 is 4.42 Å². The average molecular weight is 332 g/mol. The number of nitrogens with zero attached hydrogens (tertiary/aromatic N) is 2. The predicted octanol–water partition coefficient (Wildman–Crippen LogP) is 5.21. The zero-order valence-electron chi connectivity index (χ0n) is 16.3. The summed E-state index contributed by atoms with van der Waals surface area (Å²) < 4.78 is 17.0. The number of pyridine rings is 2. The van der Waals surface area contributed by atoms with Crippen LogP contribution in [0, 0.1) is 13.8 Å². The number of hydrogen-bond donors (Lipinski definition) is 0. The van der Waals surface area contributed by atoms with E-state index in [1.165, 1.54) is 0 Å². The first kappa shape index (κ1) is 14.6. The third-order valence-corrected chi connectivity index (χ3v) is 4.80. The van der Waals surface area contributed by atoms with E-state index in [2.05, 4.69) is 34.7 Å². The van der Waals surface area contributed by atoms with Crippen LogP contribution in [0.2, 0.25) is 0 Å². The molecule has 0 saturated carbocycles. The molecule has 0 aliphatic rings. The number of hydrogen-bond acceptors (Lipinski definition) is 2. The van der Waals surface area contributed by atoms with Crippen molar-refractivity contribution in [2.45, 2.75) is 33.6 Å². The third kappa shape index (κ3) is 2.42. The van der Waals surface area contributed by atoms with Crippen molar-refractivity contribution in [1.82, 2.24) is 4.98 Å².